The number of nitrogens with zero attached hydrogens (tertiary/aromatic N) is 1. The van der Waals surface area contributed by atoms with Gasteiger partial charge in [-0.2, -0.15) is 0 Å². The molecule has 0 aliphatic carbocycles. The van der Waals surface area contributed by atoms with Gasteiger partial charge in [0.05, 0.1) is 0 Å². The van der Waals surface area contributed by atoms with E-state index >= 15 is 0 Å². The Morgan fingerprint density at radius 2 is 2.14 bits per heavy atom. The Labute approximate surface area is 123 Å². The number of rotatable bonds is 4. The lowest BCUT2D eigenvalue weighted by Gasteiger charge is -2.32. The minimum absolute atomic E-state index is 0.172. The normalized spacial score (nSPS) is 19.2. The van der Waals surface area contributed by atoms with Gasteiger partial charge in [0.2, 0.25) is 5.91 Å². The molecule has 0 aromatic heterocycles. The first kappa shape index (κ1) is 15.6. The zero-order valence-corrected chi connectivity index (χ0v) is 12.1. The maximum Gasteiger partial charge on any atom is 0.246 e. The summed E-state index contributed by atoms with van der Waals surface area (Å²) < 4.78 is 27.0. The number of carbonyl (C=O) groups is 1. The predicted molar refractivity (Wildman–Crippen MR) is 78.6 cm³/mol. The van der Waals surface area contributed by atoms with E-state index in [-0.39, 0.29) is 11.5 Å². The lowest BCUT2D eigenvalue weighted by Crippen LogP contribution is -2.41. The number of carbonyl (C=O) groups excluding carboxylic acids is 1. The third-order valence-corrected chi connectivity index (χ3v) is 3.72. The SMILES string of the molecule is CNCC1CCCN(C(=O)C=Cc2c(F)cccc2F)C1. The lowest BCUT2D eigenvalue weighted by molar-refractivity contribution is -0.127. The van der Waals surface area contributed by atoms with E-state index in [2.05, 4.69) is 5.32 Å². The van der Waals surface area contributed by atoms with Crippen LogP contribution in [-0.2, 0) is 4.79 Å². The molecule has 21 heavy (non-hydrogen) atoms. The van der Waals surface area contributed by atoms with Gasteiger partial charge in [0.15, 0.2) is 0 Å². The zero-order chi connectivity index (χ0) is 15.2. The predicted octanol–water partition coefficient (Wildman–Crippen LogP) is 2.44. The number of piperidine rings is 1. The summed E-state index contributed by atoms with van der Waals surface area (Å²) in [6.07, 6.45) is 4.52. The molecule has 1 aliphatic rings. The molecule has 1 saturated heterocycles. The molecule has 0 spiro atoms. The van der Waals surface area contributed by atoms with Crippen molar-refractivity contribution in [2.24, 2.45) is 5.92 Å². The van der Waals surface area contributed by atoms with Crippen LogP contribution in [0, 0.1) is 17.6 Å². The van der Waals surface area contributed by atoms with Gasteiger partial charge in [0.25, 0.3) is 0 Å². The third-order valence-electron chi connectivity index (χ3n) is 3.72. The zero-order valence-electron chi connectivity index (χ0n) is 12.1. The van der Waals surface area contributed by atoms with Gasteiger partial charge in [-0.15, -0.1) is 0 Å². The maximum absolute atomic E-state index is 13.5. The molecule has 1 aromatic rings. The summed E-state index contributed by atoms with van der Waals surface area (Å²) in [6, 6.07) is 3.66. The smallest absolute Gasteiger partial charge is 0.246 e. The second-order valence-corrected chi connectivity index (χ2v) is 5.32. The minimum Gasteiger partial charge on any atom is -0.339 e. The number of amides is 1. The average molecular weight is 294 g/mol. The second kappa shape index (κ2) is 7.31. The Balaban J connectivity index is 2.02. The van der Waals surface area contributed by atoms with Crippen molar-refractivity contribution >= 4 is 12.0 Å². The third kappa shape index (κ3) is 4.11. The van der Waals surface area contributed by atoms with E-state index in [1.807, 2.05) is 7.05 Å². The van der Waals surface area contributed by atoms with E-state index in [0.717, 1.165) is 19.4 Å². The summed E-state index contributed by atoms with van der Waals surface area (Å²) in [5.41, 5.74) is -0.172. The molecule has 1 unspecified atom stereocenters. The fraction of sp³-hybridized carbons (Fsp3) is 0.438. The summed E-state index contributed by atoms with van der Waals surface area (Å²) >= 11 is 0. The Morgan fingerprint density at radius 1 is 1.43 bits per heavy atom. The summed E-state index contributed by atoms with van der Waals surface area (Å²) in [5, 5.41) is 3.11. The molecule has 1 fully saturated rings. The van der Waals surface area contributed by atoms with Crippen molar-refractivity contribution in [3.63, 3.8) is 0 Å². The molecule has 1 amide bonds. The second-order valence-electron chi connectivity index (χ2n) is 5.32. The Morgan fingerprint density at radius 3 is 2.81 bits per heavy atom. The number of benzene rings is 1. The quantitative estimate of drug-likeness (QED) is 0.865. The molecule has 5 heteroatoms. The van der Waals surface area contributed by atoms with Crippen molar-refractivity contribution in [2.45, 2.75) is 12.8 Å². The summed E-state index contributed by atoms with van der Waals surface area (Å²) in [6.45, 7) is 2.25. The molecular formula is C16H20F2N2O. The highest BCUT2D eigenvalue weighted by molar-refractivity contribution is 5.91. The van der Waals surface area contributed by atoms with Gasteiger partial charge in [-0.1, -0.05) is 6.07 Å². The standard InChI is InChI=1S/C16H20F2N2O/c1-19-10-12-4-3-9-20(11-12)16(21)8-7-13-14(17)5-2-6-15(13)18/h2,5-8,12,19H,3-4,9-11H2,1H3. The van der Waals surface area contributed by atoms with Gasteiger partial charge in [-0.3, -0.25) is 4.79 Å². The summed E-state index contributed by atoms with van der Waals surface area (Å²) in [5.74, 6) is -1.08. The molecule has 3 nitrogen and oxygen atoms in total. The Hall–Kier alpha value is -1.75. The molecule has 1 aliphatic heterocycles. The molecule has 1 aromatic carbocycles. The van der Waals surface area contributed by atoms with Crippen LogP contribution >= 0.6 is 0 Å². The first-order valence-electron chi connectivity index (χ1n) is 7.17. The van der Waals surface area contributed by atoms with Gasteiger partial charge in [-0.05, 0) is 50.6 Å². The largest absolute Gasteiger partial charge is 0.339 e. The molecule has 1 heterocycles. The number of likely N-dealkylation sites (tertiary alicyclic amines) is 1. The first-order valence-corrected chi connectivity index (χ1v) is 7.17. The van der Waals surface area contributed by atoms with Gasteiger partial charge >= 0.3 is 0 Å². The maximum atomic E-state index is 13.5. The Kier molecular flexibility index (Phi) is 5.44. The molecule has 2 rings (SSSR count). The van der Waals surface area contributed by atoms with Crippen LogP contribution in [0.2, 0.25) is 0 Å². The highest BCUT2D eigenvalue weighted by atomic mass is 19.1. The molecule has 1 N–H and O–H groups in total. The highest BCUT2D eigenvalue weighted by Gasteiger charge is 2.21. The van der Waals surface area contributed by atoms with Crippen LogP contribution in [0.5, 0.6) is 0 Å². The Bertz CT molecular complexity index is 509. The first-order chi connectivity index (χ1) is 10.1. The van der Waals surface area contributed by atoms with Crippen molar-refractivity contribution in [1.29, 1.82) is 0 Å². The molecule has 114 valence electrons. The molecular weight excluding hydrogens is 274 g/mol. The van der Waals surface area contributed by atoms with E-state index in [0.29, 0.717) is 19.0 Å². The van der Waals surface area contributed by atoms with Crippen molar-refractivity contribution in [3.8, 4) is 0 Å². The monoisotopic (exact) mass is 294 g/mol. The molecule has 1 atom stereocenters. The van der Waals surface area contributed by atoms with Crippen LogP contribution in [0.25, 0.3) is 6.08 Å². The van der Waals surface area contributed by atoms with Gasteiger partial charge in [0, 0.05) is 24.7 Å². The number of hydrogen-bond donors (Lipinski definition) is 1. The van der Waals surface area contributed by atoms with Crippen LogP contribution in [0.4, 0.5) is 8.78 Å². The highest BCUT2D eigenvalue weighted by Crippen LogP contribution is 2.17. The molecule has 0 saturated carbocycles. The fourth-order valence-electron chi connectivity index (χ4n) is 2.65. The van der Waals surface area contributed by atoms with Crippen LogP contribution < -0.4 is 5.32 Å². The minimum atomic E-state index is -0.661. The molecule has 0 bridgehead atoms. The summed E-state index contributed by atoms with van der Waals surface area (Å²) in [7, 11) is 1.89. The summed E-state index contributed by atoms with van der Waals surface area (Å²) in [4.78, 5) is 13.9. The van der Waals surface area contributed by atoms with Crippen LogP contribution in [0.3, 0.4) is 0 Å². The fourth-order valence-corrected chi connectivity index (χ4v) is 2.65. The van der Waals surface area contributed by atoms with E-state index < -0.39 is 11.6 Å². The van der Waals surface area contributed by atoms with Crippen LogP contribution in [-0.4, -0.2) is 37.5 Å². The van der Waals surface area contributed by atoms with Crippen molar-refractivity contribution < 1.29 is 13.6 Å². The number of halogens is 2. The van der Waals surface area contributed by atoms with Gasteiger partial charge < -0.3 is 10.2 Å². The lowest BCUT2D eigenvalue weighted by atomic mass is 9.98. The van der Waals surface area contributed by atoms with E-state index in [1.165, 1.54) is 30.4 Å². The van der Waals surface area contributed by atoms with Crippen molar-refractivity contribution in [3.05, 3.63) is 41.5 Å². The molecule has 0 radical (unpaired) electrons. The average Bonchev–Trinajstić information content (AvgIpc) is 2.47. The van der Waals surface area contributed by atoms with Gasteiger partial charge in [-0.25, -0.2) is 8.78 Å². The number of nitrogens with one attached hydrogen (secondary N) is 1. The van der Waals surface area contributed by atoms with Crippen LogP contribution in [0.1, 0.15) is 18.4 Å². The van der Waals surface area contributed by atoms with E-state index in [9.17, 15) is 13.6 Å². The van der Waals surface area contributed by atoms with E-state index in [1.54, 1.807) is 4.90 Å². The van der Waals surface area contributed by atoms with Crippen molar-refractivity contribution in [1.82, 2.24) is 10.2 Å². The number of hydrogen-bond acceptors (Lipinski definition) is 2. The van der Waals surface area contributed by atoms with Gasteiger partial charge in [0.1, 0.15) is 11.6 Å². The van der Waals surface area contributed by atoms with Crippen LogP contribution in [0.15, 0.2) is 24.3 Å². The van der Waals surface area contributed by atoms with Crippen molar-refractivity contribution in [2.75, 3.05) is 26.7 Å². The van der Waals surface area contributed by atoms with E-state index in [4.69, 9.17) is 0 Å². The topological polar surface area (TPSA) is 32.3 Å².